The summed E-state index contributed by atoms with van der Waals surface area (Å²) < 4.78 is 28.7. The number of carbonyl (C=O) groups is 3. The number of likely N-dealkylation sites (N-methyl/N-ethyl adjacent to an activating group) is 1. The van der Waals surface area contributed by atoms with E-state index in [-0.39, 0.29) is 29.6 Å². The van der Waals surface area contributed by atoms with Crippen LogP contribution in [-0.2, 0) is 16.0 Å². The summed E-state index contributed by atoms with van der Waals surface area (Å²) in [5, 5.41) is 11.1. The van der Waals surface area contributed by atoms with Crippen LogP contribution in [0.4, 0.5) is 20.2 Å². The smallest absolute Gasteiger partial charge is 0.251 e. The van der Waals surface area contributed by atoms with E-state index in [1.54, 1.807) is 38.3 Å². The fourth-order valence-electron chi connectivity index (χ4n) is 3.57. The average Bonchev–Trinajstić information content (AvgIpc) is 2.98. The van der Waals surface area contributed by atoms with Crippen molar-refractivity contribution >= 4 is 47.1 Å². The van der Waals surface area contributed by atoms with E-state index in [1.165, 1.54) is 25.4 Å². The molecule has 2 rings (SSSR count). The van der Waals surface area contributed by atoms with E-state index in [4.69, 9.17) is 4.79 Å². The molecular weight excluding hydrogens is 530 g/mol. The number of aryl methyl sites for hydroxylation is 1. The van der Waals surface area contributed by atoms with Crippen molar-refractivity contribution < 1.29 is 23.2 Å². The minimum Gasteiger partial charge on any atom is -0.386 e. The molecule has 0 spiro atoms. The molecule has 11 heteroatoms. The van der Waals surface area contributed by atoms with E-state index >= 15 is 0 Å². The Kier molecular flexibility index (Phi) is 14.9. The van der Waals surface area contributed by atoms with Gasteiger partial charge in [0.25, 0.3) is 5.91 Å². The van der Waals surface area contributed by atoms with Gasteiger partial charge in [-0.15, -0.1) is 0 Å². The molecule has 0 aliphatic heterocycles. The molecule has 0 atom stereocenters. The van der Waals surface area contributed by atoms with Crippen LogP contribution in [0.15, 0.2) is 58.8 Å². The molecule has 2 amide bonds. The normalized spacial score (nSPS) is 12.0. The Morgan fingerprint density at radius 1 is 0.976 bits per heavy atom. The molecule has 2 aromatic rings. The molecule has 2 aromatic carbocycles. The van der Waals surface area contributed by atoms with Gasteiger partial charge in [0.15, 0.2) is 17.5 Å². The number of anilines is 2. The second-order valence-corrected chi connectivity index (χ2v) is 8.51. The summed E-state index contributed by atoms with van der Waals surface area (Å²) in [4.78, 5) is 41.2. The number of allylic oxidation sites excluding steroid dienone is 2. The average molecular weight is 569 g/mol. The SMILES string of the molecule is C/C=C\N=C(Nc1ccc(C(=O)NCC(=O)NCC)c(CC)c1)C(C)=N/C=C(\C)c1ccc(NC)c(F)c1F.C=O. The Labute approximate surface area is 239 Å². The number of hydrogen-bond donors (Lipinski definition) is 4. The Morgan fingerprint density at radius 3 is 2.27 bits per heavy atom. The van der Waals surface area contributed by atoms with Crippen LogP contribution in [0.5, 0.6) is 0 Å². The van der Waals surface area contributed by atoms with Gasteiger partial charge in [0, 0.05) is 42.8 Å². The highest BCUT2D eigenvalue weighted by molar-refractivity contribution is 6.45. The topological polar surface area (TPSA) is 124 Å². The highest BCUT2D eigenvalue weighted by Gasteiger charge is 2.15. The van der Waals surface area contributed by atoms with Crippen LogP contribution in [0.1, 0.15) is 56.1 Å². The Morgan fingerprint density at radius 2 is 1.66 bits per heavy atom. The van der Waals surface area contributed by atoms with Crippen LogP contribution >= 0.6 is 0 Å². The van der Waals surface area contributed by atoms with Gasteiger partial charge in [-0.05, 0) is 75.6 Å². The molecule has 9 nitrogen and oxygen atoms in total. The van der Waals surface area contributed by atoms with E-state index in [9.17, 15) is 18.4 Å². The maximum atomic E-state index is 14.5. The zero-order valence-corrected chi connectivity index (χ0v) is 24.3. The number of rotatable bonds is 11. The summed E-state index contributed by atoms with van der Waals surface area (Å²) in [6, 6.07) is 8.22. The molecule has 0 unspecified atom stereocenters. The molecule has 0 saturated carbocycles. The number of carbonyl (C=O) groups excluding carboxylic acids is 3. The number of amides is 2. The van der Waals surface area contributed by atoms with Crippen LogP contribution in [0.25, 0.3) is 5.57 Å². The van der Waals surface area contributed by atoms with Crippen LogP contribution < -0.4 is 21.3 Å². The molecule has 0 radical (unpaired) electrons. The van der Waals surface area contributed by atoms with Crippen molar-refractivity contribution in [2.24, 2.45) is 9.98 Å². The predicted molar refractivity (Wildman–Crippen MR) is 162 cm³/mol. The lowest BCUT2D eigenvalue weighted by Gasteiger charge is -2.13. The third-order valence-electron chi connectivity index (χ3n) is 5.70. The fourth-order valence-corrected chi connectivity index (χ4v) is 3.57. The second-order valence-electron chi connectivity index (χ2n) is 8.51. The summed E-state index contributed by atoms with van der Waals surface area (Å²) in [5.74, 6) is -2.06. The Balaban J connectivity index is 0.00000411. The zero-order chi connectivity index (χ0) is 30.9. The summed E-state index contributed by atoms with van der Waals surface area (Å²) in [7, 11) is 1.52. The second kappa shape index (κ2) is 17.8. The molecule has 0 aliphatic rings. The van der Waals surface area contributed by atoms with Gasteiger partial charge in [0.2, 0.25) is 5.91 Å². The first-order chi connectivity index (χ1) is 19.7. The lowest BCUT2D eigenvalue weighted by atomic mass is 10.0. The van der Waals surface area contributed by atoms with Crippen molar-refractivity contribution in [2.45, 2.75) is 41.0 Å². The molecule has 0 bridgehead atoms. The summed E-state index contributed by atoms with van der Waals surface area (Å²) in [6.45, 7) is 11.3. The molecule has 0 saturated heterocycles. The number of hydrogen-bond acceptors (Lipinski definition) is 6. The van der Waals surface area contributed by atoms with Crippen molar-refractivity contribution in [2.75, 3.05) is 30.8 Å². The first kappa shape index (κ1) is 34.4. The molecule has 0 heterocycles. The molecular formula is C30H38F2N6O3. The number of nitrogens with zero attached hydrogens (tertiary/aromatic N) is 2. The number of halogens is 2. The monoisotopic (exact) mass is 568 g/mol. The quantitative estimate of drug-likeness (QED) is 0.221. The van der Waals surface area contributed by atoms with Gasteiger partial charge in [-0.25, -0.2) is 13.8 Å². The molecule has 4 N–H and O–H groups in total. The number of aliphatic imine (C=N–C) groups is 2. The van der Waals surface area contributed by atoms with E-state index in [2.05, 4.69) is 31.3 Å². The number of nitrogens with one attached hydrogen (secondary N) is 4. The van der Waals surface area contributed by atoms with Gasteiger partial charge < -0.3 is 26.1 Å². The molecule has 0 fully saturated rings. The van der Waals surface area contributed by atoms with Gasteiger partial charge in [-0.1, -0.05) is 13.0 Å². The highest BCUT2D eigenvalue weighted by atomic mass is 19.2. The maximum Gasteiger partial charge on any atom is 0.251 e. The van der Waals surface area contributed by atoms with Crippen molar-refractivity contribution in [3.63, 3.8) is 0 Å². The zero-order valence-electron chi connectivity index (χ0n) is 24.3. The van der Waals surface area contributed by atoms with E-state index in [0.717, 1.165) is 5.56 Å². The fraction of sp³-hybridized carbons (Fsp3) is 0.300. The predicted octanol–water partition coefficient (Wildman–Crippen LogP) is 5.12. The van der Waals surface area contributed by atoms with Gasteiger partial charge in [0.05, 0.1) is 17.9 Å². The van der Waals surface area contributed by atoms with E-state index in [0.29, 0.717) is 41.3 Å². The minimum atomic E-state index is -0.952. The first-order valence-corrected chi connectivity index (χ1v) is 13.0. The summed E-state index contributed by atoms with van der Waals surface area (Å²) in [6.07, 6.45) is 5.41. The van der Waals surface area contributed by atoms with Crippen LogP contribution in [-0.4, -0.2) is 50.3 Å². The van der Waals surface area contributed by atoms with E-state index < -0.39 is 11.6 Å². The van der Waals surface area contributed by atoms with E-state index in [1.807, 2.05) is 33.6 Å². The third kappa shape index (κ3) is 10.1. The molecule has 41 heavy (non-hydrogen) atoms. The lowest BCUT2D eigenvalue weighted by molar-refractivity contribution is -0.120. The van der Waals surface area contributed by atoms with Gasteiger partial charge in [0.1, 0.15) is 6.79 Å². The first-order valence-electron chi connectivity index (χ1n) is 13.0. The number of benzene rings is 2. The molecule has 0 aliphatic carbocycles. The van der Waals surface area contributed by atoms with Crippen molar-refractivity contribution in [3.05, 3.63) is 77.1 Å². The van der Waals surface area contributed by atoms with Crippen LogP contribution in [0, 0.1) is 11.6 Å². The number of amidine groups is 1. The summed E-state index contributed by atoms with van der Waals surface area (Å²) >= 11 is 0. The highest BCUT2D eigenvalue weighted by Crippen LogP contribution is 2.25. The van der Waals surface area contributed by atoms with Crippen molar-refractivity contribution in [1.29, 1.82) is 0 Å². The third-order valence-corrected chi connectivity index (χ3v) is 5.70. The van der Waals surface area contributed by atoms with Crippen molar-refractivity contribution in [1.82, 2.24) is 10.6 Å². The van der Waals surface area contributed by atoms with Gasteiger partial charge in [-0.2, -0.15) is 0 Å². The lowest BCUT2D eigenvalue weighted by Crippen LogP contribution is -2.37. The summed E-state index contributed by atoms with van der Waals surface area (Å²) in [5.41, 5.74) is 3.06. The van der Waals surface area contributed by atoms with Gasteiger partial charge >= 0.3 is 0 Å². The van der Waals surface area contributed by atoms with Crippen molar-refractivity contribution in [3.8, 4) is 0 Å². The van der Waals surface area contributed by atoms with Gasteiger partial charge in [-0.3, -0.25) is 14.6 Å². The standard InChI is InChI=1S/C29H36F2N6O2.CH2O/c1-7-14-34-28(19(5)35-16-18(4)22-12-13-24(32-6)27(31)26(22)30)37-21-10-11-23(20(8-2)15-21)29(39)36-17-25(38)33-9-3;1-2/h7,10-16,32H,8-9,17H2,1-6H3,(H,33,38)(H,34,37)(H,36,39);1H2/b14-7-,18-16+,35-19?;. The minimum absolute atomic E-state index is 0.0747. The molecule has 220 valence electrons. The maximum absolute atomic E-state index is 14.5. The Bertz CT molecular complexity index is 1340. The van der Waals surface area contributed by atoms with Crippen LogP contribution in [0.3, 0.4) is 0 Å². The molecule has 0 aromatic heterocycles. The Hall–Kier alpha value is -4.67. The van der Waals surface area contributed by atoms with Crippen LogP contribution in [0.2, 0.25) is 0 Å². The largest absolute Gasteiger partial charge is 0.386 e.